The van der Waals surface area contributed by atoms with E-state index in [4.69, 9.17) is 0 Å². The third-order valence-corrected chi connectivity index (χ3v) is 6.42. The van der Waals surface area contributed by atoms with Crippen molar-refractivity contribution in [3.63, 3.8) is 0 Å². The van der Waals surface area contributed by atoms with E-state index in [0.717, 1.165) is 41.6 Å². The molecule has 0 saturated heterocycles. The number of aromatic nitrogens is 1. The monoisotopic (exact) mass is 513 g/mol. The molecule has 0 aliphatic heterocycles. The van der Waals surface area contributed by atoms with Crippen molar-refractivity contribution in [2.24, 2.45) is 0 Å². The third kappa shape index (κ3) is 6.64. The molecule has 4 rings (SSSR count). The molecular weight excluding hydrogens is 485 g/mol. The first kappa shape index (κ1) is 26.6. The normalized spacial score (nSPS) is 11.4. The Labute approximate surface area is 213 Å². The van der Waals surface area contributed by atoms with Gasteiger partial charge in [0.15, 0.2) is 17.4 Å². The molecule has 0 radical (unpaired) electrons. The molecule has 0 aliphatic rings. The fraction of sp³-hybridized carbons (Fsp3) is 0.300. The second-order valence-electron chi connectivity index (χ2n) is 9.10. The molecule has 0 atom stereocenters. The zero-order valence-corrected chi connectivity index (χ0v) is 20.5. The molecule has 0 unspecified atom stereocenters. The Morgan fingerprint density at radius 3 is 2.24 bits per heavy atom. The molecule has 1 heterocycles. The van der Waals surface area contributed by atoms with Gasteiger partial charge in [-0.2, -0.15) is 8.78 Å². The van der Waals surface area contributed by atoms with Crippen LogP contribution < -0.4 is 4.74 Å². The molecule has 4 aromatic rings. The fourth-order valence-electron chi connectivity index (χ4n) is 4.43. The second-order valence-corrected chi connectivity index (χ2v) is 9.10. The van der Waals surface area contributed by atoms with Crippen molar-refractivity contribution in [2.45, 2.75) is 58.5 Å². The zero-order valence-electron chi connectivity index (χ0n) is 20.5. The number of hydrogen-bond acceptors (Lipinski definition) is 2. The number of pyridine rings is 1. The number of alkyl halides is 2. The van der Waals surface area contributed by atoms with Gasteiger partial charge in [0.1, 0.15) is 5.82 Å². The van der Waals surface area contributed by atoms with E-state index in [0.29, 0.717) is 10.9 Å². The fourth-order valence-corrected chi connectivity index (χ4v) is 4.43. The van der Waals surface area contributed by atoms with Crippen LogP contribution in [-0.2, 0) is 19.3 Å². The van der Waals surface area contributed by atoms with Crippen LogP contribution in [0.1, 0.15) is 49.3 Å². The van der Waals surface area contributed by atoms with Crippen LogP contribution in [0.15, 0.2) is 60.8 Å². The number of aryl methyl sites for hydroxylation is 3. The molecule has 3 aromatic carbocycles. The first-order chi connectivity index (χ1) is 17.9. The topological polar surface area (TPSA) is 22.1 Å². The Balaban J connectivity index is 1.46. The number of hydrogen-bond donors (Lipinski definition) is 0. The van der Waals surface area contributed by atoms with Gasteiger partial charge in [0, 0.05) is 17.1 Å². The maximum atomic E-state index is 15.2. The van der Waals surface area contributed by atoms with Crippen LogP contribution in [0.25, 0.3) is 22.0 Å². The van der Waals surface area contributed by atoms with Crippen molar-refractivity contribution in [2.75, 3.05) is 0 Å². The van der Waals surface area contributed by atoms with Crippen molar-refractivity contribution in [1.29, 1.82) is 0 Å². The van der Waals surface area contributed by atoms with Crippen molar-refractivity contribution in [3.05, 3.63) is 94.9 Å². The Morgan fingerprint density at radius 1 is 0.784 bits per heavy atom. The van der Waals surface area contributed by atoms with Gasteiger partial charge in [0.2, 0.25) is 0 Å². The van der Waals surface area contributed by atoms with Gasteiger partial charge in [-0.25, -0.2) is 13.2 Å². The predicted molar refractivity (Wildman–Crippen MR) is 135 cm³/mol. The molecule has 0 fully saturated rings. The summed E-state index contributed by atoms with van der Waals surface area (Å²) < 4.78 is 71.7. The summed E-state index contributed by atoms with van der Waals surface area (Å²) >= 11 is 0. The summed E-state index contributed by atoms with van der Waals surface area (Å²) in [5.41, 5.74) is 3.50. The van der Waals surface area contributed by atoms with Crippen LogP contribution in [0, 0.1) is 17.5 Å². The standard InChI is InChI=1S/C30H28F5NO/c1-2-3-4-5-6-19-8-14-27(36-18-19)23-12-13-24-22(17-23)11-10-21(28(24)33)9-7-20-15-25(31)29(26(32)16-20)37-30(34)35/h8,10-18,30H,2-7,9H2,1H3. The molecule has 0 bridgehead atoms. The van der Waals surface area contributed by atoms with Crippen LogP contribution in [0.5, 0.6) is 5.75 Å². The average molecular weight is 514 g/mol. The Hall–Kier alpha value is -3.48. The summed E-state index contributed by atoms with van der Waals surface area (Å²) in [6.45, 7) is -1.15. The van der Waals surface area contributed by atoms with Gasteiger partial charge >= 0.3 is 6.61 Å². The number of benzene rings is 3. The molecule has 0 spiro atoms. The van der Waals surface area contributed by atoms with E-state index in [1.165, 1.54) is 24.8 Å². The largest absolute Gasteiger partial charge is 0.429 e. The lowest BCUT2D eigenvalue weighted by Gasteiger charge is -2.11. The highest BCUT2D eigenvalue weighted by Gasteiger charge is 2.17. The molecule has 1 aromatic heterocycles. The molecule has 0 amide bonds. The Kier molecular flexibility index (Phi) is 8.74. The third-order valence-electron chi connectivity index (χ3n) is 6.42. The van der Waals surface area contributed by atoms with E-state index in [1.807, 2.05) is 24.4 Å². The highest BCUT2D eigenvalue weighted by molar-refractivity contribution is 5.88. The summed E-state index contributed by atoms with van der Waals surface area (Å²) in [6.07, 6.45) is 8.01. The lowest BCUT2D eigenvalue weighted by atomic mass is 9.98. The van der Waals surface area contributed by atoms with Crippen molar-refractivity contribution in [1.82, 2.24) is 4.98 Å². The number of nitrogens with zero attached hydrogens (tertiary/aromatic N) is 1. The van der Waals surface area contributed by atoms with Gasteiger partial charge in [0.25, 0.3) is 0 Å². The van der Waals surface area contributed by atoms with E-state index in [1.54, 1.807) is 18.2 Å². The van der Waals surface area contributed by atoms with Crippen molar-refractivity contribution < 1.29 is 26.7 Å². The van der Waals surface area contributed by atoms with Crippen LogP contribution in [0.4, 0.5) is 22.0 Å². The highest BCUT2D eigenvalue weighted by atomic mass is 19.3. The Morgan fingerprint density at radius 2 is 1.57 bits per heavy atom. The predicted octanol–water partition coefficient (Wildman–Crippen LogP) is 8.83. The van der Waals surface area contributed by atoms with Gasteiger partial charge in [-0.3, -0.25) is 4.98 Å². The minimum Gasteiger partial charge on any atom is -0.429 e. The highest BCUT2D eigenvalue weighted by Crippen LogP contribution is 2.29. The van der Waals surface area contributed by atoms with Crippen molar-refractivity contribution in [3.8, 4) is 17.0 Å². The van der Waals surface area contributed by atoms with Gasteiger partial charge < -0.3 is 4.74 Å². The van der Waals surface area contributed by atoms with E-state index >= 15 is 4.39 Å². The van der Waals surface area contributed by atoms with Crippen LogP contribution >= 0.6 is 0 Å². The quantitative estimate of drug-likeness (QED) is 0.148. The number of rotatable bonds is 11. The number of ether oxygens (including phenoxy) is 1. The van der Waals surface area contributed by atoms with Gasteiger partial charge in [-0.05, 0) is 72.0 Å². The minimum absolute atomic E-state index is 0.123. The molecule has 0 N–H and O–H groups in total. The molecule has 2 nitrogen and oxygen atoms in total. The molecule has 0 saturated carbocycles. The van der Waals surface area contributed by atoms with Gasteiger partial charge in [-0.15, -0.1) is 0 Å². The van der Waals surface area contributed by atoms with Gasteiger partial charge in [0.05, 0.1) is 5.69 Å². The molecule has 7 heteroatoms. The SMILES string of the molecule is CCCCCCc1ccc(-c2ccc3c(F)c(CCc4cc(F)c(OC(F)F)c(F)c4)ccc3c2)nc1. The molecule has 37 heavy (non-hydrogen) atoms. The molecule has 194 valence electrons. The van der Waals surface area contributed by atoms with Crippen molar-refractivity contribution >= 4 is 10.8 Å². The van der Waals surface area contributed by atoms with Gasteiger partial charge in [-0.1, -0.05) is 56.5 Å². The van der Waals surface area contributed by atoms with E-state index in [9.17, 15) is 17.6 Å². The molecular formula is C30H28F5NO. The first-order valence-corrected chi connectivity index (χ1v) is 12.4. The average Bonchev–Trinajstić information content (AvgIpc) is 2.88. The minimum atomic E-state index is -3.34. The smallest absolute Gasteiger partial charge is 0.387 e. The Bertz CT molecular complexity index is 1330. The summed E-state index contributed by atoms with van der Waals surface area (Å²) in [7, 11) is 0. The van der Waals surface area contributed by atoms with E-state index in [2.05, 4.69) is 22.7 Å². The maximum Gasteiger partial charge on any atom is 0.387 e. The van der Waals surface area contributed by atoms with E-state index < -0.39 is 29.8 Å². The second kappa shape index (κ2) is 12.2. The van der Waals surface area contributed by atoms with E-state index in [-0.39, 0.29) is 18.4 Å². The lowest BCUT2D eigenvalue weighted by Crippen LogP contribution is -2.06. The lowest BCUT2D eigenvalue weighted by molar-refractivity contribution is -0.0546. The maximum absolute atomic E-state index is 15.2. The first-order valence-electron chi connectivity index (χ1n) is 12.4. The van der Waals surface area contributed by atoms with Crippen LogP contribution in [0.3, 0.4) is 0 Å². The summed E-state index contributed by atoms with van der Waals surface area (Å²) in [5, 5.41) is 1.15. The number of unbranched alkanes of at least 4 members (excludes halogenated alkanes) is 3. The van der Waals surface area contributed by atoms with Crippen LogP contribution in [-0.4, -0.2) is 11.6 Å². The summed E-state index contributed by atoms with van der Waals surface area (Å²) in [6, 6.07) is 14.8. The van der Waals surface area contributed by atoms with Crippen LogP contribution in [0.2, 0.25) is 0 Å². The number of fused-ring (bicyclic) bond motifs is 1. The molecule has 0 aliphatic carbocycles. The zero-order chi connectivity index (χ0) is 26.4. The summed E-state index contributed by atoms with van der Waals surface area (Å²) in [4.78, 5) is 4.59. The number of halogens is 5. The summed E-state index contributed by atoms with van der Waals surface area (Å²) in [5.74, 6) is -3.97.